The lowest BCUT2D eigenvalue weighted by Crippen LogP contribution is -2.31. The van der Waals surface area contributed by atoms with Gasteiger partial charge >= 0.3 is 6.80 Å². The molecule has 0 radical (unpaired) electrons. The summed E-state index contributed by atoms with van der Waals surface area (Å²) < 4.78 is 60.5. The Balaban J connectivity index is 1.38. The first-order valence-electron chi connectivity index (χ1n) is 11.7. The van der Waals surface area contributed by atoms with Crippen LogP contribution in [0.2, 0.25) is 0 Å². The maximum absolute atomic E-state index is 15.9. The van der Waals surface area contributed by atoms with Crippen LogP contribution < -0.4 is 17.0 Å². The van der Waals surface area contributed by atoms with E-state index in [1.807, 2.05) is 0 Å². The number of fused-ring (bicyclic) bond motifs is 6. The Bertz CT molecular complexity index is 1810. The van der Waals surface area contributed by atoms with Gasteiger partial charge < -0.3 is 29.8 Å². The number of thiol groups is 2. The first-order valence-corrected chi connectivity index (χ1v) is 18.2. The fraction of sp³-hybridized carbons (Fsp3) is 0.444. The van der Waals surface area contributed by atoms with E-state index < -0.39 is 49.3 Å². The molecule has 5 N–H and O–H groups in total. The molecule has 0 saturated carbocycles. The minimum absolute atomic E-state index is 0.0557. The zero-order valence-electron chi connectivity index (χ0n) is 20.5. The number of halogens is 1. The number of ether oxygens (including phenoxy) is 1. The van der Waals surface area contributed by atoms with Crippen LogP contribution >= 0.6 is 37.0 Å². The molecule has 0 aliphatic carbocycles. The largest absolute Gasteiger partial charge is 0.387 e. The standard InChI is InChI=1S/C18H21FN10O7P2S3/c19-9-7-3-34-38(40,41)32-2-1-28-8(25-11-15(28)26-18(21)27-16(11)30)4-33-37(31,39)36-12(9)17(35-7)29-6-24-10-13(20)22-5-23-14(10)29/h5-7,9,12,17H,1-4H2,(H,31,39)(H,40,41)(H2,20,22,23)(H3,21,26,27,30)/t7-,9-,12-,17-,37?/m1/s1. The Kier molecular flexibility index (Phi) is 7.63. The van der Waals surface area contributed by atoms with Gasteiger partial charge in [-0.2, -0.15) is 4.98 Å². The molecular weight excluding hydrogens is 645 g/mol. The van der Waals surface area contributed by atoms with E-state index in [9.17, 15) is 9.36 Å². The van der Waals surface area contributed by atoms with Crippen molar-refractivity contribution in [2.24, 2.45) is 0 Å². The lowest BCUT2D eigenvalue weighted by Gasteiger charge is -2.24. The summed E-state index contributed by atoms with van der Waals surface area (Å²) in [6, 6.07) is 0. The van der Waals surface area contributed by atoms with Gasteiger partial charge in [0.25, 0.3) is 5.56 Å². The Morgan fingerprint density at radius 2 is 1.93 bits per heavy atom. The number of hydrogen-bond donors (Lipinski definition) is 5. The van der Waals surface area contributed by atoms with E-state index in [0.717, 1.165) is 0 Å². The number of anilines is 2. The molecule has 0 amide bonds. The van der Waals surface area contributed by atoms with Gasteiger partial charge in [-0.15, -0.1) is 0 Å². The number of nitrogen functional groups attached to an aromatic ring is 2. The number of nitrogens with zero attached hydrogens (tertiary/aromatic N) is 7. The molecule has 1 fully saturated rings. The summed E-state index contributed by atoms with van der Waals surface area (Å²) >= 11 is 13.8. The minimum Gasteiger partial charge on any atom is -0.382 e. The van der Waals surface area contributed by atoms with Gasteiger partial charge in [-0.05, 0) is 11.8 Å². The Morgan fingerprint density at radius 1 is 1.12 bits per heavy atom. The van der Waals surface area contributed by atoms with E-state index in [-0.39, 0.29) is 59.7 Å². The fourth-order valence-corrected chi connectivity index (χ4v) is 7.36. The van der Waals surface area contributed by atoms with E-state index in [2.05, 4.69) is 54.4 Å². The number of nitrogens with two attached hydrogens (primary N) is 2. The smallest absolute Gasteiger partial charge is 0.382 e. The number of hydrogen-bond acceptors (Lipinski definition) is 15. The van der Waals surface area contributed by atoms with E-state index in [1.165, 1.54) is 21.8 Å². The first-order chi connectivity index (χ1) is 19.4. The summed E-state index contributed by atoms with van der Waals surface area (Å²) in [5.74, 6) is 0.0447. The van der Waals surface area contributed by atoms with Gasteiger partial charge in [-0.25, -0.2) is 28.9 Å². The molecular formula is C18H21FN10O7P2S3. The molecule has 4 aromatic heterocycles. The number of rotatable bonds is 1. The third-order valence-electron chi connectivity index (χ3n) is 6.21. The highest BCUT2D eigenvalue weighted by Crippen LogP contribution is 2.58. The second-order valence-corrected chi connectivity index (χ2v) is 17.0. The van der Waals surface area contributed by atoms with Gasteiger partial charge in [0, 0.05) is 6.54 Å². The van der Waals surface area contributed by atoms with Crippen LogP contribution in [0, 0.1) is 0 Å². The van der Waals surface area contributed by atoms with Crippen molar-refractivity contribution >= 4 is 82.9 Å². The van der Waals surface area contributed by atoms with Gasteiger partial charge in [0.05, 0.1) is 19.5 Å². The highest BCUT2D eigenvalue weighted by atomic mass is 32.9. The number of alkyl halides is 1. The van der Waals surface area contributed by atoms with Crippen molar-refractivity contribution in [3.8, 4) is 0 Å². The van der Waals surface area contributed by atoms with Gasteiger partial charge in [0.2, 0.25) is 11.6 Å². The van der Waals surface area contributed by atoms with Gasteiger partial charge in [-0.3, -0.25) is 23.4 Å². The number of aromatic amines is 1. The van der Waals surface area contributed by atoms with Crippen molar-refractivity contribution in [2.45, 2.75) is 37.8 Å². The highest BCUT2D eigenvalue weighted by Gasteiger charge is 2.51. The SMILES string of the molecule is Nc1nc2c(nc3n2CCOP(=S)(S)OC[C@H]2O[C@@H](n4cnc5c(N)ncnc54)[C@H](OP(=O)(S)OC3)[C@@H]2F)c(=O)[nH]1. The van der Waals surface area contributed by atoms with E-state index in [0.29, 0.717) is 0 Å². The van der Waals surface area contributed by atoms with Crippen LogP contribution in [0.15, 0.2) is 17.4 Å². The third kappa shape index (κ3) is 5.63. The van der Waals surface area contributed by atoms with Crippen molar-refractivity contribution in [1.29, 1.82) is 0 Å². The van der Waals surface area contributed by atoms with Gasteiger partial charge in [0.1, 0.15) is 36.5 Å². The van der Waals surface area contributed by atoms with Crippen LogP contribution in [0.25, 0.3) is 22.3 Å². The molecule has 6 rings (SSSR count). The number of nitrogens with one attached hydrogen (secondary N) is 1. The Hall–Kier alpha value is -2.19. The van der Waals surface area contributed by atoms with E-state index in [4.69, 9.17) is 46.1 Å². The highest BCUT2D eigenvalue weighted by molar-refractivity contribution is 8.60. The second kappa shape index (κ2) is 10.8. The lowest BCUT2D eigenvalue weighted by atomic mass is 10.1. The molecule has 2 aliphatic rings. The molecule has 6 atom stereocenters. The normalized spacial score (nSPS) is 31.6. The van der Waals surface area contributed by atoms with Gasteiger partial charge in [0.15, 0.2) is 35.0 Å². The molecule has 2 aliphatic heterocycles. The second-order valence-electron chi connectivity index (χ2n) is 8.81. The summed E-state index contributed by atoms with van der Waals surface area (Å²) in [6.07, 6.45) is -3.47. The Morgan fingerprint density at radius 3 is 2.73 bits per heavy atom. The molecule has 41 heavy (non-hydrogen) atoms. The number of imidazole rings is 2. The zero-order chi connectivity index (χ0) is 29.1. The molecule has 6 heterocycles. The van der Waals surface area contributed by atoms with Crippen LogP contribution in [-0.2, 0) is 52.4 Å². The van der Waals surface area contributed by atoms with E-state index >= 15 is 4.39 Å². The molecule has 4 aromatic rings. The van der Waals surface area contributed by atoms with E-state index in [1.54, 1.807) is 0 Å². The van der Waals surface area contributed by atoms with Crippen LogP contribution in [0.3, 0.4) is 0 Å². The monoisotopic (exact) mass is 666 g/mol. The molecule has 17 nitrogen and oxygen atoms in total. The summed E-state index contributed by atoms with van der Waals surface area (Å²) in [5.41, 5.74) is 8.28. The number of H-pyrrole nitrogens is 1. The number of aromatic nitrogens is 8. The maximum Gasteiger partial charge on any atom is 0.387 e. The molecule has 2 bridgehead atoms. The van der Waals surface area contributed by atoms with Gasteiger partial charge in [-0.1, -0.05) is 24.5 Å². The Labute approximate surface area is 244 Å². The third-order valence-corrected chi connectivity index (χ3v) is 10.1. The summed E-state index contributed by atoms with van der Waals surface area (Å²) in [4.78, 5) is 35.4. The van der Waals surface area contributed by atoms with Crippen LogP contribution in [-0.4, -0.2) is 70.6 Å². The van der Waals surface area contributed by atoms with Crippen LogP contribution in [0.5, 0.6) is 0 Å². The topological polar surface area (TPSA) is 222 Å². The van der Waals surface area contributed by atoms with Crippen molar-refractivity contribution in [1.82, 2.24) is 39.0 Å². The predicted octanol–water partition coefficient (Wildman–Crippen LogP) is 1.50. The molecule has 23 heteroatoms. The molecule has 0 spiro atoms. The van der Waals surface area contributed by atoms with Crippen molar-refractivity contribution in [3.63, 3.8) is 0 Å². The summed E-state index contributed by atoms with van der Waals surface area (Å²) in [5, 5.41) is 0. The van der Waals surface area contributed by atoms with Crippen LogP contribution in [0.1, 0.15) is 12.1 Å². The van der Waals surface area contributed by atoms with Crippen molar-refractivity contribution in [2.75, 3.05) is 24.7 Å². The average molecular weight is 667 g/mol. The molecule has 2 unspecified atom stereocenters. The maximum atomic E-state index is 15.9. The van der Waals surface area contributed by atoms with Crippen LogP contribution in [0.4, 0.5) is 16.2 Å². The molecule has 1 saturated heterocycles. The predicted molar refractivity (Wildman–Crippen MR) is 153 cm³/mol. The average Bonchev–Trinajstić information content (AvgIpc) is 3.56. The molecule has 220 valence electrons. The fourth-order valence-electron chi connectivity index (χ4n) is 4.42. The quantitative estimate of drug-likeness (QED) is 0.143. The molecule has 0 aromatic carbocycles. The minimum atomic E-state index is -4.31. The summed E-state index contributed by atoms with van der Waals surface area (Å²) in [7, 11) is 0. The van der Waals surface area contributed by atoms with Crippen molar-refractivity contribution < 1.29 is 31.8 Å². The van der Waals surface area contributed by atoms with Crippen molar-refractivity contribution in [3.05, 3.63) is 28.8 Å². The lowest BCUT2D eigenvalue weighted by molar-refractivity contribution is -0.0433. The zero-order valence-corrected chi connectivity index (χ0v) is 24.9. The first kappa shape index (κ1) is 28.9. The summed E-state index contributed by atoms with van der Waals surface area (Å²) in [6.45, 7) is -5.18.